The van der Waals surface area contributed by atoms with E-state index in [0.717, 1.165) is 43.5 Å². The summed E-state index contributed by atoms with van der Waals surface area (Å²) in [6.45, 7) is 3.40. The van der Waals surface area contributed by atoms with Crippen LogP contribution in [0.3, 0.4) is 0 Å². The number of aromatic nitrogens is 1. The third-order valence-electron chi connectivity index (χ3n) is 2.93. The van der Waals surface area contributed by atoms with Crippen molar-refractivity contribution < 1.29 is 4.74 Å². The minimum absolute atomic E-state index is 0.734. The Kier molecular flexibility index (Phi) is 6.46. The van der Waals surface area contributed by atoms with Gasteiger partial charge in [0.05, 0.1) is 12.3 Å². The van der Waals surface area contributed by atoms with Crippen molar-refractivity contribution in [1.82, 2.24) is 10.3 Å². The standard InChI is InChI=1S/C14H21N3OS2/c1-17(7-5-13-4-3-9-19-13)14-16-12(11-20-14)10-15-6-8-18-2/h3-4,9,11,15H,5-8,10H2,1-2H3. The molecule has 0 aliphatic heterocycles. The second-order valence-corrected chi connectivity index (χ2v) is 6.41. The Morgan fingerprint density at radius 2 is 2.30 bits per heavy atom. The third-order valence-corrected chi connectivity index (χ3v) is 4.87. The van der Waals surface area contributed by atoms with Gasteiger partial charge >= 0.3 is 0 Å². The fourth-order valence-corrected chi connectivity index (χ4v) is 3.29. The maximum absolute atomic E-state index is 5.00. The van der Waals surface area contributed by atoms with Crippen LogP contribution in [0.15, 0.2) is 22.9 Å². The van der Waals surface area contributed by atoms with E-state index in [1.807, 2.05) is 11.3 Å². The first-order valence-electron chi connectivity index (χ1n) is 6.67. The van der Waals surface area contributed by atoms with Crippen LogP contribution in [0, 0.1) is 0 Å². The van der Waals surface area contributed by atoms with Gasteiger partial charge in [-0.05, 0) is 17.9 Å². The molecule has 1 N–H and O–H groups in total. The SMILES string of the molecule is COCCNCc1csc(N(C)CCc2cccs2)n1. The average Bonchev–Trinajstić information content (AvgIpc) is 3.12. The molecule has 0 fully saturated rings. The molecule has 110 valence electrons. The van der Waals surface area contributed by atoms with Gasteiger partial charge in [0, 0.05) is 44.0 Å². The van der Waals surface area contributed by atoms with E-state index in [1.54, 1.807) is 18.4 Å². The number of methoxy groups -OCH3 is 1. The van der Waals surface area contributed by atoms with E-state index in [0.29, 0.717) is 0 Å². The minimum atomic E-state index is 0.734. The zero-order chi connectivity index (χ0) is 14.2. The lowest BCUT2D eigenvalue weighted by Gasteiger charge is -2.14. The van der Waals surface area contributed by atoms with Crippen molar-refractivity contribution in [3.05, 3.63) is 33.5 Å². The number of nitrogens with one attached hydrogen (secondary N) is 1. The summed E-state index contributed by atoms with van der Waals surface area (Å²) in [5.41, 5.74) is 1.10. The number of nitrogens with zero attached hydrogens (tertiary/aromatic N) is 2. The van der Waals surface area contributed by atoms with Crippen LogP contribution >= 0.6 is 22.7 Å². The average molecular weight is 311 g/mol. The molecule has 0 amide bonds. The summed E-state index contributed by atoms with van der Waals surface area (Å²) in [5.74, 6) is 0. The Bertz CT molecular complexity index is 484. The number of hydrogen-bond acceptors (Lipinski definition) is 6. The van der Waals surface area contributed by atoms with Gasteiger partial charge in [0.25, 0.3) is 0 Å². The highest BCUT2D eigenvalue weighted by Crippen LogP contribution is 2.20. The number of thiazole rings is 1. The molecular formula is C14H21N3OS2. The van der Waals surface area contributed by atoms with Gasteiger partial charge in [-0.2, -0.15) is 0 Å². The molecule has 2 aromatic heterocycles. The number of thiophene rings is 1. The number of likely N-dealkylation sites (N-methyl/N-ethyl adjacent to an activating group) is 1. The van der Waals surface area contributed by atoms with E-state index in [4.69, 9.17) is 4.74 Å². The van der Waals surface area contributed by atoms with Crippen molar-refractivity contribution in [2.24, 2.45) is 0 Å². The first kappa shape index (κ1) is 15.4. The fourth-order valence-electron chi connectivity index (χ4n) is 1.77. The maximum Gasteiger partial charge on any atom is 0.185 e. The highest BCUT2D eigenvalue weighted by Gasteiger charge is 2.07. The highest BCUT2D eigenvalue weighted by atomic mass is 32.1. The summed E-state index contributed by atoms with van der Waals surface area (Å²) >= 11 is 3.52. The Balaban J connectivity index is 1.75. The molecule has 0 spiro atoms. The molecule has 6 heteroatoms. The van der Waals surface area contributed by atoms with Gasteiger partial charge in [0.1, 0.15) is 0 Å². The van der Waals surface area contributed by atoms with E-state index < -0.39 is 0 Å². The molecular weight excluding hydrogens is 290 g/mol. The van der Waals surface area contributed by atoms with Gasteiger partial charge in [-0.1, -0.05) is 6.07 Å². The number of rotatable bonds is 9. The topological polar surface area (TPSA) is 37.4 Å². The van der Waals surface area contributed by atoms with Crippen molar-refractivity contribution in [2.45, 2.75) is 13.0 Å². The van der Waals surface area contributed by atoms with E-state index in [1.165, 1.54) is 4.88 Å². The summed E-state index contributed by atoms with van der Waals surface area (Å²) in [6, 6.07) is 4.29. The molecule has 2 rings (SSSR count). The first-order valence-corrected chi connectivity index (χ1v) is 8.43. The lowest BCUT2D eigenvalue weighted by molar-refractivity contribution is 0.199. The normalized spacial score (nSPS) is 10.9. The van der Waals surface area contributed by atoms with Crippen LogP contribution in [-0.2, 0) is 17.7 Å². The monoisotopic (exact) mass is 311 g/mol. The van der Waals surface area contributed by atoms with Crippen molar-refractivity contribution in [3.8, 4) is 0 Å². The second-order valence-electron chi connectivity index (χ2n) is 4.54. The smallest absolute Gasteiger partial charge is 0.185 e. The minimum Gasteiger partial charge on any atom is -0.383 e. The zero-order valence-corrected chi connectivity index (χ0v) is 13.6. The maximum atomic E-state index is 5.00. The van der Waals surface area contributed by atoms with Crippen LogP contribution in [0.1, 0.15) is 10.6 Å². The molecule has 0 saturated carbocycles. The van der Waals surface area contributed by atoms with Crippen molar-refractivity contribution in [2.75, 3.05) is 38.8 Å². The highest BCUT2D eigenvalue weighted by molar-refractivity contribution is 7.13. The van der Waals surface area contributed by atoms with E-state index in [-0.39, 0.29) is 0 Å². The Labute approximate surface area is 128 Å². The first-order chi connectivity index (χ1) is 9.79. The Hall–Kier alpha value is -0.950. The van der Waals surface area contributed by atoms with Gasteiger partial charge in [-0.3, -0.25) is 0 Å². The van der Waals surface area contributed by atoms with Crippen molar-refractivity contribution in [3.63, 3.8) is 0 Å². The Morgan fingerprint density at radius 1 is 1.40 bits per heavy atom. The van der Waals surface area contributed by atoms with E-state index >= 15 is 0 Å². The molecule has 4 nitrogen and oxygen atoms in total. The molecule has 0 aromatic carbocycles. The van der Waals surface area contributed by atoms with Crippen molar-refractivity contribution in [1.29, 1.82) is 0 Å². The summed E-state index contributed by atoms with van der Waals surface area (Å²) in [4.78, 5) is 8.30. The number of ether oxygens (including phenoxy) is 1. The van der Waals surface area contributed by atoms with Crippen LogP contribution < -0.4 is 10.2 Å². The zero-order valence-electron chi connectivity index (χ0n) is 12.0. The summed E-state index contributed by atoms with van der Waals surface area (Å²) in [7, 11) is 3.82. The van der Waals surface area contributed by atoms with Crippen LogP contribution in [0.2, 0.25) is 0 Å². The molecule has 0 aliphatic carbocycles. The largest absolute Gasteiger partial charge is 0.383 e. The number of anilines is 1. The lowest BCUT2D eigenvalue weighted by Crippen LogP contribution is -2.21. The summed E-state index contributed by atoms with van der Waals surface area (Å²) in [6.07, 6.45) is 1.08. The van der Waals surface area contributed by atoms with Crippen LogP contribution in [0.25, 0.3) is 0 Å². The molecule has 2 heterocycles. The van der Waals surface area contributed by atoms with Gasteiger partial charge in [0.15, 0.2) is 5.13 Å². The molecule has 20 heavy (non-hydrogen) atoms. The molecule has 0 aliphatic rings. The van der Waals surface area contributed by atoms with Gasteiger partial charge in [0.2, 0.25) is 0 Å². The van der Waals surface area contributed by atoms with Crippen LogP contribution in [0.5, 0.6) is 0 Å². The second kappa shape index (κ2) is 8.36. The molecule has 0 atom stereocenters. The van der Waals surface area contributed by atoms with Crippen LogP contribution in [0.4, 0.5) is 5.13 Å². The Morgan fingerprint density at radius 3 is 3.05 bits per heavy atom. The third kappa shape index (κ3) is 4.86. The van der Waals surface area contributed by atoms with E-state index in [2.05, 4.69) is 45.1 Å². The van der Waals surface area contributed by atoms with E-state index in [9.17, 15) is 0 Å². The fraction of sp³-hybridized carbons (Fsp3) is 0.500. The lowest BCUT2D eigenvalue weighted by atomic mass is 10.3. The molecule has 0 radical (unpaired) electrons. The predicted molar refractivity (Wildman–Crippen MR) is 87.0 cm³/mol. The summed E-state index contributed by atoms with van der Waals surface area (Å²) < 4.78 is 5.00. The molecule has 0 bridgehead atoms. The quantitative estimate of drug-likeness (QED) is 0.722. The predicted octanol–water partition coefficient (Wildman–Crippen LogP) is 2.62. The summed E-state index contributed by atoms with van der Waals surface area (Å²) in [5, 5.41) is 8.65. The molecule has 2 aromatic rings. The molecule has 0 saturated heterocycles. The molecule has 0 unspecified atom stereocenters. The van der Waals surface area contributed by atoms with Crippen molar-refractivity contribution >= 4 is 27.8 Å². The number of hydrogen-bond donors (Lipinski definition) is 1. The van der Waals surface area contributed by atoms with Gasteiger partial charge in [-0.15, -0.1) is 22.7 Å². The van der Waals surface area contributed by atoms with Gasteiger partial charge in [-0.25, -0.2) is 4.98 Å². The van der Waals surface area contributed by atoms with Crippen LogP contribution in [-0.4, -0.2) is 38.8 Å². The van der Waals surface area contributed by atoms with Gasteiger partial charge < -0.3 is 15.0 Å².